The number of hydrogen-bond donors (Lipinski definition) is 0. The van der Waals surface area contributed by atoms with E-state index in [0.717, 1.165) is 46.8 Å². The number of hydrogen-bond acceptors (Lipinski definition) is 5. The van der Waals surface area contributed by atoms with E-state index in [4.69, 9.17) is 14.3 Å². The summed E-state index contributed by atoms with van der Waals surface area (Å²) >= 11 is 0. The smallest absolute Gasteiger partial charge is 0.218 e. The number of oxime groups is 1. The molecule has 6 nitrogen and oxygen atoms in total. The van der Waals surface area contributed by atoms with Gasteiger partial charge in [0.1, 0.15) is 35.6 Å². The van der Waals surface area contributed by atoms with Gasteiger partial charge in [0.25, 0.3) is 0 Å². The van der Waals surface area contributed by atoms with E-state index in [1.165, 1.54) is 12.1 Å². The zero-order valence-corrected chi connectivity index (χ0v) is 19.3. The molecule has 0 saturated carbocycles. The minimum atomic E-state index is -0.361. The quantitative estimate of drug-likeness (QED) is 0.406. The maximum atomic E-state index is 13.2. The molecular formula is C28H24FN3O3. The summed E-state index contributed by atoms with van der Waals surface area (Å²) in [7, 11) is 1.62. The normalized spacial score (nSPS) is 18.7. The van der Waals surface area contributed by atoms with Crippen LogP contribution in [0.5, 0.6) is 5.75 Å². The summed E-state index contributed by atoms with van der Waals surface area (Å²) in [5, 5.41) is 14.7. The van der Waals surface area contributed by atoms with Gasteiger partial charge >= 0.3 is 0 Å². The van der Waals surface area contributed by atoms with Crippen molar-refractivity contribution in [3.05, 3.63) is 107 Å². The van der Waals surface area contributed by atoms with Crippen molar-refractivity contribution < 1.29 is 18.7 Å². The van der Waals surface area contributed by atoms with Crippen LogP contribution < -0.4 is 4.74 Å². The molecule has 3 aromatic rings. The first-order valence-electron chi connectivity index (χ1n) is 11.4. The highest BCUT2D eigenvalue weighted by Gasteiger charge is 2.38. The summed E-state index contributed by atoms with van der Waals surface area (Å²) in [5.74, 6) is 1.39. The molecule has 2 aromatic carbocycles. The fourth-order valence-corrected chi connectivity index (χ4v) is 4.48. The molecule has 35 heavy (non-hydrogen) atoms. The van der Waals surface area contributed by atoms with Gasteiger partial charge < -0.3 is 14.3 Å². The lowest BCUT2D eigenvalue weighted by molar-refractivity contribution is 0.129. The number of benzene rings is 2. The van der Waals surface area contributed by atoms with Crippen LogP contribution in [0.2, 0.25) is 0 Å². The summed E-state index contributed by atoms with van der Waals surface area (Å²) < 4.78 is 26.7. The molecule has 0 amide bonds. The lowest BCUT2D eigenvalue weighted by Gasteiger charge is -2.33. The van der Waals surface area contributed by atoms with Crippen LogP contribution in [0.25, 0.3) is 5.88 Å². The molecule has 0 saturated heterocycles. The average Bonchev–Trinajstić information content (AvgIpc) is 3.44. The third-order valence-electron chi connectivity index (χ3n) is 6.18. The molecule has 2 heterocycles. The van der Waals surface area contributed by atoms with Crippen molar-refractivity contribution in [1.29, 1.82) is 5.26 Å². The predicted molar refractivity (Wildman–Crippen MR) is 130 cm³/mol. The highest BCUT2D eigenvalue weighted by atomic mass is 19.1. The second-order valence-electron chi connectivity index (χ2n) is 8.36. The molecule has 0 fully saturated rings. The number of methoxy groups -OCH3 is 1. The van der Waals surface area contributed by atoms with Gasteiger partial charge in [0.05, 0.1) is 18.7 Å². The topological polar surface area (TPSA) is 68.8 Å². The van der Waals surface area contributed by atoms with Gasteiger partial charge in [-0.2, -0.15) is 5.26 Å². The Kier molecular flexibility index (Phi) is 6.36. The van der Waals surface area contributed by atoms with Crippen LogP contribution in [-0.2, 0) is 16.2 Å². The second-order valence-corrected chi connectivity index (χ2v) is 8.36. The molecule has 0 unspecified atom stereocenters. The van der Waals surface area contributed by atoms with Crippen molar-refractivity contribution in [2.24, 2.45) is 5.16 Å². The van der Waals surface area contributed by atoms with Crippen molar-refractivity contribution >= 4 is 11.6 Å². The van der Waals surface area contributed by atoms with Gasteiger partial charge in [-0.15, -0.1) is 0 Å². The maximum absolute atomic E-state index is 13.2. The Labute approximate surface area is 203 Å². The Bertz CT molecular complexity index is 1330. The maximum Gasteiger partial charge on any atom is 0.218 e. The van der Waals surface area contributed by atoms with Crippen LogP contribution in [0.1, 0.15) is 36.3 Å². The minimum absolute atomic E-state index is 0.218. The van der Waals surface area contributed by atoms with Crippen LogP contribution in [0.3, 0.4) is 0 Å². The molecule has 0 radical (unpaired) electrons. The molecule has 5 rings (SSSR count). The minimum Gasteiger partial charge on any atom is -0.497 e. The fourth-order valence-electron chi connectivity index (χ4n) is 4.48. The zero-order valence-electron chi connectivity index (χ0n) is 19.3. The summed E-state index contributed by atoms with van der Waals surface area (Å²) in [5.41, 5.74) is 3.88. The molecule has 0 N–H and O–H groups in total. The Balaban J connectivity index is 1.55. The Hall–Kier alpha value is -4.31. The number of rotatable bonds is 6. The van der Waals surface area contributed by atoms with Crippen molar-refractivity contribution in [3.63, 3.8) is 0 Å². The lowest BCUT2D eigenvalue weighted by Crippen LogP contribution is -2.26. The molecule has 2 aliphatic rings. The molecule has 1 aromatic heterocycles. The van der Waals surface area contributed by atoms with Gasteiger partial charge in [0.2, 0.25) is 5.88 Å². The summed E-state index contributed by atoms with van der Waals surface area (Å²) in [6.07, 6.45) is 6.03. The van der Waals surface area contributed by atoms with Crippen LogP contribution in [0.4, 0.5) is 4.39 Å². The zero-order chi connectivity index (χ0) is 24.2. The third kappa shape index (κ3) is 4.56. The van der Waals surface area contributed by atoms with Crippen LogP contribution in [0.15, 0.2) is 95.1 Å². The number of nitrogens with zero attached hydrogens (tertiary/aromatic N) is 3. The molecular weight excluding hydrogens is 445 g/mol. The number of nitriles is 1. The van der Waals surface area contributed by atoms with Gasteiger partial charge in [0, 0.05) is 24.4 Å². The van der Waals surface area contributed by atoms with E-state index in [1.54, 1.807) is 19.2 Å². The molecule has 0 bridgehead atoms. The monoisotopic (exact) mass is 469 g/mol. The van der Waals surface area contributed by atoms with Crippen molar-refractivity contribution in [2.45, 2.75) is 31.8 Å². The summed E-state index contributed by atoms with van der Waals surface area (Å²) in [6, 6.07) is 20.0. The van der Waals surface area contributed by atoms with Gasteiger partial charge in [-0.25, -0.2) is 4.39 Å². The molecule has 0 spiro atoms. The van der Waals surface area contributed by atoms with Crippen molar-refractivity contribution in [2.75, 3.05) is 7.11 Å². The first-order chi connectivity index (χ1) is 17.2. The lowest BCUT2D eigenvalue weighted by atomic mass is 9.77. The largest absolute Gasteiger partial charge is 0.497 e. The van der Waals surface area contributed by atoms with Crippen LogP contribution >= 0.6 is 0 Å². The first-order valence-corrected chi connectivity index (χ1v) is 11.4. The Morgan fingerprint density at radius 3 is 2.51 bits per heavy atom. The molecule has 1 aliphatic carbocycles. The highest BCUT2D eigenvalue weighted by Crippen LogP contribution is 2.46. The Morgan fingerprint density at radius 1 is 1.09 bits per heavy atom. The average molecular weight is 470 g/mol. The molecule has 1 atom stereocenters. The number of halogens is 1. The summed E-state index contributed by atoms with van der Waals surface area (Å²) in [6.45, 7) is 0.218. The predicted octanol–water partition coefficient (Wildman–Crippen LogP) is 6.15. The standard InChI is InChI=1S/C28H24FN3O3/c1-33-22-13-9-20(10-14-22)26-23(17-30)28(32-15-2-3-16-32)35-25-6-4-5-24(27(25)26)31-34-18-19-7-11-21(29)12-8-19/h2-3,7-16,26H,4-6,18H2,1H3/b31-24-/t26-/m0/s1. The second kappa shape index (κ2) is 9.90. The van der Waals surface area contributed by atoms with Crippen LogP contribution in [0, 0.1) is 17.1 Å². The van der Waals surface area contributed by atoms with E-state index < -0.39 is 0 Å². The van der Waals surface area contributed by atoms with Gasteiger partial charge in [-0.3, -0.25) is 4.57 Å². The van der Waals surface area contributed by atoms with E-state index in [1.807, 2.05) is 53.4 Å². The highest BCUT2D eigenvalue weighted by molar-refractivity contribution is 6.04. The van der Waals surface area contributed by atoms with E-state index in [0.29, 0.717) is 17.9 Å². The number of allylic oxidation sites excluding steroid dienone is 3. The third-order valence-corrected chi connectivity index (χ3v) is 6.18. The fraction of sp³-hybridized carbons (Fsp3) is 0.214. The van der Waals surface area contributed by atoms with E-state index in [2.05, 4.69) is 11.2 Å². The molecule has 1 aliphatic heterocycles. The number of ether oxygens (including phenoxy) is 2. The van der Waals surface area contributed by atoms with Gasteiger partial charge in [-0.05, 0) is 60.4 Å². The van der Waals surface area contributed by atoms with E-state index in [-0.39, 0.29) is 18.3 Å². The van der Waals surface area contributed by atoms with E-state index in [9.17, 15) is 9.65 Å². The van der Waals surface area contributed by atoms with Gasteiger partial charge in [0.15, 0.2) is 0 Å². The molecule has 7 heteroatoms. The van der Waals surface area contributed by atoms with Crippen molar-refractivity contribution in [1.82, 2.24) is 4.57 Å². The van der Waals surface area contributed by atoms with Crippen LogP contribution in [-0.4, -0.2) is 17.4 Å². The SMILES string of the molecule is COc1ccc([C@H]2C(C#N)=C(n3cccc3)OC3=C2/C(=N\OCc2ccc(F)cc2)CCC3)cc1. The number of aromatic nitrogens is 1. The van der Waals surface area contributed by atoms with Crippen molar-refractivity contribution in [3.8, 4) is 11.8 Å². The van der Waals surface area contributed by atoms with E-state index >= 15 is 0 Å². The summed E-state index contributed by atoms with van der Waals surface area (Å²) in [4.78, 5) is 5.69. The van der Waals surface area contributed by atoms with Gasteiger partial charge in [-0.1, -0.05) is 29.4 Å². The Morgan fingerprint density at radius 2 is 1.83 bits per heavy atom. The first kappa shape index (κ1) is 22.5. The molecule has 176 valence electrons.